The summed E-state index contributed by atoms with van der Waals surface area (Å²) >= 11 is 6.15. The number of rotatable bonds is 7. The number of anilines is 1. The van der Waals surface area contributed by atoms with E-state index in [1.165, 1.54) is 16.4 Å². The van der Waals surface area contributed by atoms with Crippen LogP contribution in [0.1, 0.15) is 19.3 Å². The number of carbonyl (C=O) groups excluding carboxylic acids is 1. The smallest absolute Gasteiger partial charge is 0.243 e. The molecule has 1 aromatic heterocycles. The van der Waals surface area contributed by atoms with E-state index in [4.69, 9.17) is 16.3 Å². The van der Waals surface area contributed by atoms with Crippen molar-refractivity contribution < 1.29 is 17.9 Å². The van der Waals surface area contributed by atoms with Gasteiger partial charge in [-0.3, -0.25) is 4.79 Å². The molecule has 2 aromatic carbocycles. The molecular formula is C21H24ClN5O4S. The van der Waals surface area contributed by atoms with Gasteiger partial charge in [0.15, 0.2) is 0 Å². The molecule has 1 fully saturated rings. The molecule has 0 unspecified atom stereocenters. The Bertz CT molecular complexity index is 1230. The van der Waals surface area contributed by atoms with E-state index in [1.54, 1.807) is 42.1 Å². The van der Waals surface area contributed by atoms with Crippen LogP contribution in [0.25, 0.3) is 11.0 Å². The fraction of sp³-hybridized carbons (Fsp3) is 0.381. The molecule has 1 N–H and O–H groups in total. The number of nitrogens with zero attached hydrogens (tertiary/aromatic N) is 4. The van der Waals surface area contributed by atoms with E-state index in [2.05, 4.69) is 15.6 Å². The summed E-state index contributed by atoms with van der Waals surface area (Å²) in [7, 11) is -2.32. The Balaban J connectivity index is 1.61. The molecule has 0 aliphatic carbocycles. The lowest BCUT2D eigenvalue weighted by atomic mass is 10.0. The number of piperidine rings is 1. The summed E-state index contributed by atoms with van der Waals surface area (Å²) in [4.78, 5) is 13.1. The Labute approximate surface area is 191 Å². The number of hydrogen-bond donors (Lipinski definition) is 1. The third-order valence-electron chi connectivity index (χ3n) is 5.49. The molecule has 9 nitrogen and oxygen atoms in total. The first-order valence-electron chi connectivity index (χ1n) is 10.3. The minimum atomic E-state index is -3.92. The van der Waals surface area contributed by atoms with E-state index in [9.17, 15) is 13.2 Å². The zero-order chi connectivity index (χ0) is 22.7. The maximum Gasteiger partial charge on any atom is 0.243 e. The summed E-state index contributed by atoms with van der Waals surface area (Å²) in [6, 6.07) is 10.8. The quantitative estimate of drug-likeness (QED) is 0.560. The molecule has 170 valence electrons. The molecular weight excluding hydrogens is 454 g/mol. The van der Waals surface area contributed by atoms with Gasteiger partial charge in [-0.15, -0.1) is 5.10 Å². The van der Waals surface area contributed by atoms with Crippen molar-refractivity contribution in [2.75, 3.05) is 25.6 Å². The Morgan fingerprint density at radius 1 is 1.25 bits per heavy atom. The number of ether oxygens (including phenoxy) is 1. The van der Waals surface area contributed by atoms with Gasteiger partial charge in [0.05, 0.1) is 34.3 Å². The molecule has 4 rings (SSSR count). The lowest BCUT2D eigenvalue weighted by Gasteiger charge is -2.33. The number of nitrogens with one attached hydrogen (secondary N) is 1. The van der Waals surface area contributed by atoms with Crippen LogP contribution in [0.5, 0.6) is 0 Å². The van der Waals surface area contributed by atoms with Crippen molar-refractivity contribution >= 4 is 44.3 Å². The fourth-order valence-corrected chi connectivity index (χ4v) is 5.68. The summed E-state index contributed by atoms with van der Waals surface area (Å²) in [5, 5.41) is 11.3. The van der Waals surface area contributed by atoms with Crippen LogP contribution in [0.4, 0.5) is 5.69 Å². The number of benzene rings is 2. The monoisotopic (exact) mass is 477 g/mol. The van der Waals surface area contributed by atoms with Gasteiger partial charge < -0.3 is 10.1 Å². The second kappa shape index (κ2) is 9.53. The molecule has 3 aromatic rings. The molecule has 1 aliphatic rings. The van der Waals surface area contributed by atoms with E-state index < -0.39 is 22.0 Å². The van der Waals surface area contributed by atoms with E-state index in [1.807, 2.05) is 0 Å². The fourth-order valence-electron chi connectivity index (χ4n) is 3.82. The van der Waals surface area contributed by atoms with Gasteiger partial charge in [0.1, 0.15) is 11.6 Å². The van der Waals surface area contributed by atoms with Crippen molar-refractivity contribution in [1.82, 2.24) is 19.3 Å². The predicted molar refractivity (Wildman–Crippen MR) is 121 cm³/mol. The number of halogens is 1. The highest BCUT2D eigenvalue weighted by atomic mass is 35.5. The molecule has 0 bridgehead atoms. The van der Waals surface area contributed by atoms with Crippen molar-refractivity contribution in [3.63, 3.8) is 0 Å². The van der Waals surface area contributed by atoms with Gasteiger partial charge in [0.2, 0.25) is 15.9 Å². The summed E-state index contributed by atoms with van der Waals surface area (Å²) in [6.07, 6.45) is 1.88. The standard InChI is InChI=1S/C21H24ClN5O4S/c1-31-13-12-26-19-10-9-15(14-18(19)24-25-26)32(29,30)27-11-5-4-8-20(27)21(28)23-17-7-3-2-6-16(17)22/h2-3,6-7,9-10,14,20H,4-5,8,11-13H2,1H3,(H,23,28)/t20-/m1/s1. The SMILES string of the molecule is COCCn1nnc2cc(S(=O)(=O)N3CCCC[C@@H]3C(=O)Nc3ccccc3Cl)ccc21. The number of methoxy groups -OCH3 is 1. The summed E-state index contributed by atoms with van der Waals surface area (Å²) < 4.78 is 35.0. The normalized spacial score (nSPS) is 17.5. The first-order chi connectivity index (χ1) is 15.4. The average Bonchev–Trinajstić information content (AvgIpc) is 3.21. The molecule has 1 amide bonds. The topological polar surface area (TPSA) is 106 Å². The summed E-state index contributed by atoms with van der Waals surface area (Å²) in [6.45, 7) is 1.24. The predicted octanol–water partition coefficient (Wildman–Crippen LogP) is 2.91. The van der Waals surface area contributed by atoms with Crippen LogP contribution in [0, 0.1) is 0 Å². The second-order valence-electron chi connectivity index (χ2n) is 7.55. The maximum atomic E-state index is 13.5. The van der Waals surface area contributed by atoms with Gasteiger partial charge in [0.25, 0.3) is 0 Å². The molecule has 1 atom stereocenters. The molecule has 32 heavy (non-hydrogen) atoms. The number of sulfonamides is 1. The van der Waals surface area contributed by atoms with Gasteiger partial charge in [-0.2, -0.15) is 4.31 Å². The molecule has 11 heteroatoms. The van der Waals surface area contributed by atoms with Crippen LogP contribution >= 0.6 is 11.6 Å². The van der Waals surface area contributed by atoms with Gasteiger partial charge in [0, 0.05) is 13.7 Å². The van der Waals surface area contributed by atoms with Crippen LogP contribution in [0.15, 0.2) is 47.4 Å². The minimum absolute atomic E-state index is 0.0845. The number of amides is 1. The van der Waals surface area contributed by atoms with Crippen molar-refractivity contribution in [2.45, 2.75) is 36.7 Å². The van der Waals surface area contributed by atoms with E-state index in [0.717, 1.165) is 6.42 Å². The van der Waals surface area contributed by atoms with Gasteiger partial charge in [-0.25, -0.2) is 13.1 Å². The first kappa shape index (κ1) is 22.7. The Hall–Kier alpha value is -2.53. The molecule has 1 aliphatic heterocycles. The molecule has 0 saturated carbocycles. The van der Waals surface area contributed by atoms with Crippen LogP contribution in [0.3, 0.4) is 0 Å². The second-order valence-corrected chi connectivity index (χ2v) is 9.85. The number of fused-ring (bicyclic) bond motifs is 1. The number of carbonyl (C=O) groups is 1. The number of para-hydroxylation sites is 1. The van der Waals surface area contributed by atoms with E-state index in [0.29, 0.717) is 47.7 Å². The van der Waals surface area contributed by atoms with Crippen molar-refractivity contribution in [3.05, 3.63) is 47.5 Å². The Kier molecular flexibility index (Phi) is 6.75. The zero-order valence-corrected chi connectivity index (χ0v) is 19.1. The van der Waals surface area contributed by atoms with Crippen molar-refractivity contribution in [2.24, 2.45) is 0 Å². The third kappa shape index (κ3) is 4.49. The van der Waals surface area contributed by atoms with E-state index in [-0.39, 0.29) is 11.4 Å². The molecule has 1 saturated heterocycles. The van der Waals surface area contributed by atoms with Crippen LogP contribution in [-0.2, 0) is 26.1 Å². The molecule has 2 heterocycles. The highest BCUT2D eigenvalue weighted by molar-refractivity contribution is 7.89. The lowest BCUT2D eigenvalue weighted by Crippen LogP contribution is -2.49. The van der Waals surface area contributed by atoms with Crippen LogP contribution in [0.2, 0.25) is 5.02 Å². The zero-order valence-electron chi connectivity index (χ0n) is 17.6. The largest absolute Gasteiger partial charge is 0.383 e. The summed E-state index contributed by atoms with van der Waals surface area (Å²) in [5.74, 6) is -0.395. The number of hydrogen-bond acceptors (Lipinski definition) is 6. The molecule has 0 spiro atoms. The average molecular weight is 478 g/mol. The van der Waals surface area contributed by atoms with Gasteiger partial charge in [-0.05, 0) is 43.2 Å². The first-order valence-corrected chi connectivity index (χ1v) is 12.1. The molecule has 0 radical (unpaired) electrons. The summed E-state index contributed by atoms with van der Waals surface area (Å²) in [5.41, 5.74) is 1.64. The van der Waals surface area contributed by atoms with Gasteiger partial charge in [-0.1, -0.05) is 35.4 Å². The van der Waals surface area contributed by atoms with Gasteiger partial charge >= 0.3 is 0 Å². The Morgan fingerprint density at radius 2 is 2.06 bits per heavy atom. The van der Waals surface area contributed by atoms with Crippen LogP contribution in [-0.4, -0.2) is 59.9 Å². The minimum Gasteiger partial charge on any atom is -0.383 e. The van der Waals surface area contributed by atoms with Crippen molar-refractivity contribution in [3.8, 4) is 0 Å². The number of aromatic nitrogens is 3. The third-order valence-corrected chi connectivity index (χ3v) is 7.72. The highest BCUT2D eigenvalue weighted by Crippen LogP contribution is 2.29. The van der Waals surface area contributed by atoms with E-state index >= 15 is 0 Å². The van der Waals surface area contributed by atoms with Crippen LogP contribution < -0.4 is 5.32 Å². The highest BCUT2D eigenvalue weighted by Gasteiger charge is 2.38. The van der Waals surface area contributed by atoms with Crippen molar-refractivity contribution in [1.29, 1.82) is 0 Å². The maximum absolute atomic E-state index is 13.5. The lowest BCUT2D eigenvalue weighted by molar-refractivity contribution is -0.120. The Morgan fingerprint density at radius 3 is 2.84 bits per heavy atom.